The van der Waals surface area contributed by atoms with Crippen molar-refractivity contribution in [3.8, 4) is 0 Å². The van der Waals surface area contributed by atoms with Crippen LogP contribution in [-0.4, -0.2) is 50.9 Å². The summed E-state index contributed by atoms with van der Waals surface area (Å²) in [4.78, 5) is 28.1. The smallest absolute Gasteiger partial charge is 0.320 e. The SMILES string of the molecule is CCC(C)C(N)C(=O)O.CCC(O)C1CNc2nc(N)[nH]c(=O)c2N1. The number of carboxylic acid groups (broad SMARTS) is 1. The van der Waals surface area contributed by atoms with E-state index in [1.54, 1.807) is 0 Å². The molecule has 0 amide bonds. The number of aromatic amines is 1. The fourth-order valence-corrected chi connectivity index (χ4v) is 2.21. The Morgan fingerprint density at radius 2 is 2.04 bits per heavy atom. The number of fused-ring (bicyclic) bond motifs is 1. The quantitative estimate of drug-likeness (QED) is 0.375. The maximum absolute atomic E-state index is 11.6. The van der Waals surface area contributed by atoms with Crippen LogP contribution >= 0.6 is 0 Å². The number of aromatic nitrogens is 2. The number of nitrogens with two attached hydrogens (primary N) is 2. The number of nitrogens with zero attached hydrogens (tertiary/aromatic N) is 1. The maximum Gasteiger partial charge on any atom is 0.320 e. The van der Waals surface area contributed by atoms with Crippen molar-refractivity contribution in [3.63, 3.8) is 0 Å². The van der Waals surface area contributed by atoms with Crippen molar-refractivity contribution < 1.29 is 15.0 Å². The second-order valence-corrected chi connectivity index (χ2v) is 6.03. The van der Waals surface area contributed by atoms with Gasteiger partial charge in [-0.25, -0.2) is 0 Å². The number of nitrogen functional groups attached to an aromatic ring is 1. The fraction of sp³-hybridized carbons (Fsp3) is 0.667. The predicted octanol–water partition coefficient (Wildman–Crippen LogP) is -0.227. The summed E-state index contributed by atoms with van der Waals surface area (Å²) in [6.45, 7) is 6.15. The number of aliphatic hydroxyl groups excluding tert-OH is 1. The third-order valence-electron chi connectivity index (χ3n) is 4.18. The van der Waals surface area contributed by atoms with Crippen LogP contribution < -0.4 is 27.7 Å². The first-order valence-corrected chi connectivity index (χ1v) is 8.27. The molecule has 1 aliphatic heterocycles. The van der Waals surface area contributed by atoms with Gasteiger partial charge in [0.05, 0.1) is 12.1 Å². The molecule has 25 heavy (non-hydrogen) atoms. The summed E-state index contributed by atoms with van der Waals surface area (Å²) in [6.07, 6.45) is 0.931. The van der Waals surface area contributed by atoms with Gasteiger partial charge in [0, 0.05) is 6.54 Å². The molecule has 0 bridgehead atoms. The number of carboxylic acids is 1. The molecule has 142 valence electrons. The van der Waals surface area contributed by atoms with E-state index < -0.39 is 18.1 Å². The highest BCUT2D eigenvalue weighted by Gasteiger charge is 2.25. The molecule has 10 heteroatoms. The molecule has 2 rings (SSSR count). The molecule has 10 nitrogen and oxygen atoms in total. The summed E-state index contributed by atoms with van der Waals surface area (Å²) in [5.41, 5.74) is 10.7. The fourth-order valence-electron chi connectivity index (χ4n) is 2.21. The Morgan fingerprint density at radius 1 is 1.40 bits per heavy atom. The summed E-state index contributed by atoms with van der Waals surface area (Å²) >= 11 is 0. The van der Waals surface area contributed by atoms with E-state index >= 15 is 0 Å². The van der Waals surface area contributed by atoms with Crippen LogP contribution in [-0.2, 0) is 4.79 Å². The highest BCUT2D eigenvalue weighted by molar-refractivity contribution is 5.73. The third kappa shape index (κ3) is 5.61. The molecule has 9 N–H and O–H groups in total. The minimum Gasteiger partial charge on any atom is -0.480 e. The van der Waals surface area contributed by atoms with Crippen LogP contribution in [0.5, 0.6) is 0 Å². The zero-order valence-corrected chi connectivity index (χ0v) is 14.7. The van der Waals surface area contributed by atoms with E-state index in [0.717, 1.165) is 6.42 Å². The molecule has 0 aromatic carbocycles. The topological polar surface area (TPSA) is 179 Å². The highest BCUT2D eigenvalue weighted by atomic mass is 16.4. The van der Waals surface area contributed by atoms with Gasteiger partial charge in [0.15, 0.2) is 5.82 Å². The van der Waals surface area contributed by atoms with Crippen molar-refractivity contribution in [2.75, 3.05) is 22.9 Å². The number of aliphatic hydroxyl groups is 1. The largest absolute Gasteiger partial charge is 0.480 e. The monoisotopic (exact) mass is 356 g/mol. The van der Waals surface area contributed by atoms with E-state index in [9.17, 15) is 14.7 Å². The van der Waals surface area contributed by atoms with Crippen LogP contribution in [0.2, 0.25) is 0 Å². The van der Waals surface area contributed by atoms with E-state index in [1.807, 2.05) is 20.8 Å². The lowest BCUT2D eigenvalue weighted by molar-refractivity contribution is -0.139. The molecule has 0 spiro atoms. The zero-order chi connectivity index (χ0) is 19.1. The van der Waals surface area contributed by atoms with E-state index in [4.69, 9.17) is 16.6 Å². The first-order valence-electron chi connectivity index (χ1n) is 8.27. The number of carbonyl (C=O) groups is 1. The standard InChI is InChI=1S/C9H15N5O2.C6H13NO2/c1-2-5(15)4-3-11-7-6(12-4)8(16)14-9(10)13-7;1-3-4(2)5(7)6(8)9/h4-5,12,15H,2-3H2,1H3,(H4,10,11,13,14,16);4-5H,3,7H2,1-2H3,(H,8,9). The Balaban J connectivity index is 0.000000299. The van der Waals surface area contributed by atoms with Gasteiger partial charge in [0.25, 0.3) is 5.56 Å². The molecule has 1 aromatic heterocycles. The lowest BCUT2D eigenvalue weighted by atomic mass is 10.0. The molecule has 1 aromatic rings. The molecule has 2 heterocycles. The molecule has 0 aliphatic carbocycles. The molecule has 1 aliphatic rings. The van der Waals surface area contributed by atoms with E-state index in [1.165, 1.54) is 0 Å². The summed E-state index contributed by atoms with van der Waals surface area (Å²) in [7, 11) is 0. The van der Waals surface area contributed by atoms with E-state index in [-0.39, 0.29) is 23.5 Å². The minimum atomic E-state index is -0.913. The predicted molar refractivity (Wildman–Crippen MR) is 96.5 cm³/mol. The molecule has 4 atom stereocenters. The number of hydrogen-bond acceptors (Lipinski definition) is 8. The van der Waals surface area contributed by atoms with Crippen LogP contribution in [0, 0.1) is 5.92 Å². The Hall–Kier alpha value is -2.33. The minimum absolute atomic E-state index is 0.0718. The van der Waals surface area contributed by atoms with Crippen LogP contribution in [0.1, 0.15) is 33.6 Å². The van der Waals surface area contributed by atoms with Crippen LogP contribution in [0.3, 0.4) is 0 Å². The number of anilines is 3. The van der Waals surface area contributed by atoms with Crippen molar-refractivity contribution >= 4 is 23.4 Å². The van der Waals surface area contributed by atoms with Gasteiger partial charge in [-0.1, -0.05) is 27.2 Å². The van der Waals surface area contributed by atoms with Crippen molar-refractivity contribution in [2.24, 2.45) is 11.7 Å². The average Bonchev–Trinajstić information content (AvgIpc) is 2.59. The van der Waals surface area contributed by atoms with Gasteiger partial charge in [-0.05, 0) is 12.3 Å². The summed E-state index contributed by atoms with van der Waals surface area (Å²) in [5.74, 6) is -0.333. The Morgan fingerprint density at radius 3 is 2.52 bits per heavy atom. The lowest BCUT2D eigenvalue weighted by Crippen LogP contribution is -2.44. The van der Waals surface area contributed by atoms with E-state index in [0.29, 0.717) is 24.5 Å². The zero-order valence-electron chi connectivity index (χ0n) is 14.7. The second kappa shape index (κ2) is 9.23. The van der Waals surface area contributed by atoms with Gasteiger partial charge in [0.2, 0.25) is 5.95 Å². The van der Waals surface area contributed by atoms with Crippen LogP contribution in [0.4, 0.5) is 17.5 Å². The number of H-pyrrole nitrogens is 1. The van der Waals surface area contributed by atoms with Gasteiger partial charge in [-0.15, -0.1) is 0 Å². The molecule has 0 saturated heterocycles. The van der Waals surface area contributed by atoms with Gasteiger partial charge >= 0.3 is 5.97 Å². The third-order valence-corrected chi connectivity index (χ3v) is 4.18. The molecule has 0 radical (unpaired) electrons. The summed E-state index contributed by atoms with van der Waals surface area (Å²) < 4.78 is 0. The molecular formula is C15H28N6O4. The second-order valence-electron chi connectivity index (χ2n) is 6.03. The lowest BCUT2D eigenvalue weighted by Gasteiger charge is -2.29. The Labute approximate surface area is 146 Å². The van der Waals surface area contributed by atoms with Crippen LogP contribution in [0.15, 0.2) is 4.79 Å². The first-order chi connectivity index (χ1) is 11.7. The van der Waals surface area contributed by atoms with Gasteiger partial charge < -0.3 is 32.3 Å². The van der Waals surface area contributed by atoms with Gasteiger partial charge in [-0.2, -0.15) is 4.98 Å². The van der Waals surface area contributed by atoms with Crippen molar-refractivity contribution in [2.45, 2.75) is 51.8 Å². The van der Waals surface area contributed by atoms with Crippen molar-refractivity contribution in [1.82, 2.24) is 9.97 Å². The first kappa shape index (κ1) is 20.7. The number of hydrogen-bond donors (Lipinski definition) is 7. The molecule has 0 fully saturated rings. The number of aliphatic carboxylic acids is 1. The van der Waals surface area contributed by atoms with E-state index in [2.05, 4.69) is 20.6 Å². The Kier molecular flexibility index (Phi) is 7.65. The van der Waals surface area contributed by atoms with Crippen molar-refractivity contribution in [1.29, 1.82) is 0 Å². The number of rotatable bonds is 5. The van der Waals surface area contributed by atoms with Crippen molar-refractivity contribution in [3.05, 3.63) is 10.4 Å². The van der Waals surface area contributed by atoms with Gasteiger partial charge in [-0.3, -0.25) is 14.6 Å². The molecule has 0 saturated carbocycles. The number of nitrogens with one attached hydrogen (secondary N) is 3. The molecular weight excluding hydrogens is 328 g/mol. The highest BCUT2D eigenvalue weighted by Crippen LogP contribution is 2.21. The summed E-state index contributed by atoms with van der Waals surface area (Å²) in [6, 6.07) is -0.890. The maximum atomic E-state index is 11.6. The molecule has 4 unspecified atom stereocenters. The Bertz CT molecular complexity index is 635. The summed E-state index contributed by atoms with van der Waals surface area (Å²) in [5, 5.41) is 24.0. The van der Waals surface area contributed by atoms with Crippen LogP contribution in [0.25, 0.3) is 0 Å². The van der Waals surface area contributed by atoms with Gasteiger partial charge in [0.1, 0.15) is 11.7 Å². The normalized spacial score (nSPS) is 19.2. The average molecular weight is 356 g/mol.